The Labute approximate surface area is 188 Å². The monoisotopic (exact) mass is 499 g/mol. The van der Waals surface area contributed by atoms with Gasteiger partial charge in [-0.15, -0.1) is 24.0 Å². The number of guanidine groups is 1. The Morgan fingerprint density at radius 3 is 2.54 bits per heavy atom. The highest BCUT2D eigenvalue weighted by atomic mass is 127. The minimum Gasteiger partial charge on any atom is -0.356 e. The predicted octanol–water partition coefficient (Wildman–Crippen LogP) is 3.09. The highest BCUT2D eigenvalue weighted by molar-refractivity contribution is 14.0. The molecule has 6 heteroatoms. The summed E-state index contributed by atoms with van der Waals surface area (Å²) in [5.41, 5.74) is 3.03. The van der Waals surface area contributed by atoms with Crippen LogP contribution in [0.25, 0.3) is 0 Å². The molecule has 0 radical (unpaired) electrons. The van der Waals surface area contributed by atoms with E-state index in [-0.39, 0.29) is 24.0 Å². The van der Waals surface area contributed by atoms with Crippen molar-refractivity contribution in [3.63, 3.8) is 0 Å². The number of hydrogen-bond donors (Lipinski definition) is 2. The molecule has 1 aromatic rings. The Kier molecular flexibility index (Phi) is 10.6. The lowest BCUT2D eigenvalue weighted by Gasteiger charge is -2.33. The summed E-state index contributed by atoms with van der Waals surface area (Å²) < 4.78 is 0. The first-order valence-electron chi connectivity index (χ1n) is 10.8. The van der Waals surface area contributed by atoms with E-state index >= 15 is 0 Å². The fourth-order valence-corrected chi connectivity index (χ4v) is 4.26. The molecule has 0 bridgehead atoms. The van der Waals surface area contributed by atoms with Gasteiger partial charge >= 0.3 is 0 Å². The first kappa shape index (κ1) is 23.4. The van der Waals surface area contributed by atoms with Crippen molar-refractivity contribution in [1.29, 1.82) is 0 Å². The fraction of sp³-hybridized carbons (Fsp3) is 0.682. The maximum absolute atomic E-state index is 4.42. The summed E-state index contributed by atoms with van der Waals surface area (Å²) in [6, 6.07) is 9.42. The molecule has 0 unspecified atom stereocenters. The minimum absolute atomic E-state index is 0. The van der Waals surface area contributed by atoms with E-state index in [1.807, 2.05) is 7.05 Å². The van der Waals surface area contributed by atoms with Crippen LogP contribution in [-0.2, 0) is 13.0 Å². The molecule has 0 amide bonds. The molecule has 2 aliphatic rings. The second-order valence-corrected chi connectivity index (χ2v) is 7.91. The van der Waals surface area contributed by atoms with E-state index < -0.39 is 0 Å². The van der Waals surface area contributed by atoms with E-state index in [1.165, 1.54) is 63.0 Å². The van der Waals surface area contributed by atoms with Crippen LogP contribution >= 0.6 is 24.0 Å². The molecule has 1 fully saturated rings. The van der Waals surface area contributed by atoms with Crippen LogP contribution in [0.4, 0.5) is 0 Å². The zero-order valence-electron chi connectivity index (χ0n) is 17.6. The molecule has 0 saturated carbocycles. The molecule has 1 aromatic carbocycles. The first-order chi connectivity index (χ1) is 13.3. The maximum atomic E-state index is 4.42. The SMILES string of the molecule is CCCN1CCC(NC(=NC)NCCCN2CCc3ccccc3C2)CC1.I. The number of rotatable bonds is 7. The third-order valence-electron chi connectivity index (χ3n) is 5.85. The third kappa shape index (κ3) is 7.19. The molecule has 2 heterocycles. The summed E-state index contributed by atoms with van der Waals surface area (Å²) >= 11 is 0. The zero-order chi connectivity index (χ0) is 18.9. The number of nitrogens with one attached hydrogen (secondary N) is 2. The van der Waals surface area contributed by atoms with Gasteiger partial charge in [-0.3, -0.25) is 9.89 Å². The number of benzene rings is 1. The third-order valence-corrected chi connectivity index (χ3v) is 5.85. The Balaban J connectivity index is 0.00000280. The summed E-state index contributed by atoms with van der Waals surface area (Å²) in [7, 11) is 1.88. The van der Waals surface area contributed by atoms with Gasteiger partial charge in [0, 0.05) is 52.4 Å². The van der Waals surface area contributed by atoms with Crippen molar-refractivity contribution in [3.05, 3.63) is 35.4 Å². The standard InChI is InChI=1S/C22H37N5.HI/c1-3-13-26-16-10-21(11-17-26)25-22(23-2)24-12-6-14-27-15-9-19-7-4-5-8-20(19)18-27;/h4-5,7-8,21H,3,6,9-18H2,1-2H3,(H2,23,24,25);1H. The van der Waals surface area contributed by atoms with E-state index in [4.69, 9.17) is 0 Å². The van der Waals surface area contributed by atoms with Crippen LogP contribution in [-0.4, -0.2) is 68.1 Å². The average molecular weight is 499 g/mol. The molecule has 2 aliphatic heterocycles. The number of hydrogen-bond acceptors (Lipinski definition) is 3. The number of aliphatic imine (C=N–C) groups is 1. The van der Waals surface area contributed by atoms with Gasteiger partial charge in [-0.05, 0) is 49.8 Å². The Morgan fingerprint density at radius 1 is 1.07 bits per heavy atom. The van der Waals surface area contributed by atoms with Gasteiger partial charge in [0.1, 0.15) is 0 Å². The number of halogens is 1. The minimum atomic E-state index is 0. The van der Waals surface area contributed by atoms with Crippen molar-refractivity contribution in [1.82, 2.24) is 20.4 Å². The smallest absolute Gasteiger partial charge is 0.191 e. The van der Waals surface area contributed by atoms with E-state index in [1.54, 1.807) is 0 Å². The number of likely N-dealkylation sites (tertiary alicyclic amines) is 1. The van der Waals surface area contributed by atoms with E-state index in [0.717, 1.165) is 32.0 Å². The molecule has 0 aliphatic carbocycles. The molecule has 1 saturated heterocycles. The van der Waals surface area contributed by atoms with Gasteiger partial charge in [-0.25, -0.2) is 0 Å². The van der Waals surface area contributed by atoms with E-state index in [0.29, 0.717) is 6.04 Å². The van der Waals surface area contributed by atoms with Crippen LogP contribution in [0, 0.1) is 0 Å². The lowest BCUT2D eigenvalue weighted by molar-refractivity contribution is 0.206. The van der Waals surface area contributed by atoms with Gasteiger partial charge in [0.15, 0.2) is 5.96 Å². The summed E-state index contributed by atoms with van der Waals surface area (Å²) in [4.78, 5) is 9.57. The summed E-state index contributed by atoms with van der Waals surface area (Å²) in [5.74, 6) is 0.966. The fourth-order valence-electron chi connectivity index (χ4n) is 4.26. The second-order valence-electron chi connectivity index (χ2n) is 7.91. The second kappa shape index (κ2) is 12.6. The lowest BCUT2D eigenvalue weighted by atomic mass is 10.00. The van der Waals surface area contributed by atoms with Crippen molar-refractivity contribution < 1.29 is 0 Å². The number of piperidine rings is 1. The quantitative estimate of drug-likeness (QED) is 0.262. The molecule has 158 valence electrons. The van der Waals surface area contributed by atoms with Crippen LogP contribution in [0.1, 0.15) is 43.7 Å². The lowest BCUT2D eigenvalue weighted by Crippen LogP contribution is -2.49. The normalized spacial score (nSPS) is 19.0. The first-order valence-corrected chi connectivity index (χ1v) is 10.8. The van der Waals surface area contributed by atoms with Gasteiger partial charge in [-0.1, -0.05) is 31.2 Å². The van der Waals surface area contributed by atoms with Crippen LogP contribution in [0.3, 0.4) is 0 Å². The van der Waals surface area contributed by atoms with Gasteiger partial charge in [0.05, 0.1) is 0 Å². The Bertz CT molecular complexity index is 598. The maximum Gasteiger partial charge on any atom is 0.191 e. The van der Waals surface area contributed by atoms with Gasteiger partial charge < -0.3 is 15.5 Å². The predicted molar refractivity (Wildman–Crippen MR) is 130 cm³/mol. The van der Waals surface area contributed by atoms with Gasteiger partial charge in [0.2, 0.25) is 0 Å². The van der Waals surface area contributed by atoms with Crippen molar-refractivity contribution in [3.8, 4) is 0 Å². The molecular weight excluding hydrogens is 461 g/mol. The van der Waals surface area contributed by atoms with Crippen LogP contribution in [0.15, 0.2) is 29.3 Å². The highest BCUT2D eigenvalue weighted by Gasteiger charge is 2.19. The molecule has 0 aromatic heterocycles. The van der Waals surface area contributed by atoms with Gasteiger partial charge in [0.25, 0.3) is 0 Å². The largest absolute Gasteiger partial charge is 0.356 e. The van der Waals surface area contributed by atoms with Crippen LogP contribution in [0.2, 0.25) is 0 Å². The summed E-state index contributed by atoms with van der Waals surface area (Å²) in [6.45, 7) is 10.3. The van der Waals surface area contributed by atoms with Crippen molar-refractivity contribution in [2.45, 2.75) is 51.6 Å². The van der Waals surface area contributed by atoms with E-state index in [9.17, 15) is 0 Å². The van der Waals surface area contributed by atoms with Crippen molar-refractivity contribution >= 4 is 29.9 Å². The number of nitrogens with zero attached hydrogens (tertiary/aromatic N) is 3. The Hall–Kier alpha value is -0.860. The van der Waals surface area contributed by atoms with Crippen molar-refractivity contribution in [2.24, 2.45) is 4.99 Å². The molecule has 0 spiro atoms. The van der Waals surface area contributed by atoms with Crippen molar-refractivity contribution in [2.75, 3.05) is 46.3 Å². The molecule has 0 atom stereocenters. The van der Waals surface area contributed by atoms with Gasteiger partial charge in [-0.2, -0.15) is 0 Å². The average Bonchev–Trinajstić information content (AvgIpc) is 2.71. The van der Waals surface area contributed by atoms with E-state index in [2.05, 4.69) is 56.6 Å². The Morgan fingerprint density at radius 2 is 1.82 bits per heavy atom. The van der Waals surface area contributed by atoms with Crippen LogP contribution in [0.5, 0.6) is 0 Å². The summed E-state index contributed by atoms with van der Waals surface area (Å²) in [6.07, 6.45) is 6.02. The zero-order valence-corrected chi connectivity index (χ0v) is 20.0. The summed E-state index contributed by atoms with van der Waals surface area (Å²) in [5, 5.41) is 7.13. The highest BCUT2D eigenvalue weighted by Crippen LogP contribution is 2.18. The molecular formula is C22H38IN5. The van der Waals surface area contributed by atoms with Crippen LogP contribution < -0.4 is 10.6 Å². The number of fused-ring (bicyclic) bond motifs is 1. The molecule has 28 heavy (non-hydrogen) atoms. The molecule has 2 N–H and O–H groups in total. The molecule has 5 nitrogen and oxygen atoms in total. The topological polar surface area (TPSA) is 42.9 Å². The molecule has 3 rings (SSSR count).